The Morgan fingerprint density at radius 3 is 2.59 bits per heavy atom. The summed E-state index contributed by atoms with van der Waals surface area (Å²) in [5.41, 5.74) is 0.768. The average molecular weight is 405 g/mol. The molecule has 0 unspecified atom stereocenters. The molecule has 2 amide bonds. The second-order valence-electron chi connectivity index (χ2n) is 8.34. The molecule has 2 atom stereocenters. The molecule has 1 heterocycles. The van der Waals surface area contributed by atoms with E-state index in [4.69, 9.17) is 9.47 Å². The first kappa shape index (κ1) is 21.4. The zero-order valence-corrected chi connectivity index (χ0v) is 17.6. The average Bonchev–Trinajstić information content (AvgIpc) is 3.01. The lowest BCUT2D eigenvalue weighted by Crippen LogP contribution is -2.53. The first-order chi connectivity index (χ1) is 13.9. The van der Waals surface area contributed by atoms with E-state index in [0.29, 0.717) is 24.5 Å². The molecule has 7 nitrogen and oxygen atoms in total. The minimum Gasteiger partial charge on any atom is -0.497 e. The van der Waals surface area contributed by atoms with Gasteiger partial charge in [-0.1, -0.05) is 19.3 Å². The van der Waals surface area contributed by atoms with Crippen LogP contribution in [0.25, 0.3) is 0 Å². The molecule has 0 radical (unpaired) electrons. The van der Waals surface area contributed by atoms with Crippen molar-refractivity contribution < 1.29 is 24.2 Å². The Labute approximate surface area is 172 Å². The molecule has 2 N–H and O–H groups in total. The lowest BCUT2D eigenvalue weighted by atomic mass is 9.73. The van der Waals surface area contributed by atoms with Gasteiger partial charge in [-0.05, 0) is 37.3 Å². The highest BCUT2D eigenvalue weighted by Gasteiger charge is 2.48. The van der Waals surface area contributed by atoms with E-state index in [1.165, 1.54) is 6.42 Å². The van der Waals surface area contributed by atoms with Crippen molar-refractivity contribution in [2.24, 2.45) is 5.41 Å². The topological polar surface area (TPSA) is 88.1 Å². The van der Waals surface area contributed by atoms with Crippen molar-refractivity contribution in [2.45, 2.75) is 64.1 Å². The summed E-state index contributed by atoms with van der Waals surface area (Å²) in [6.07, 6.45) is 5.04. The van der Waals surface area contributed by atoms with E-state index < -0.39 is 12.1 Å². The predicted molar refractivity (Wildman–Crippen MR) is 109 cm³/mol. The molecule has 1 saturated heterocycles. The first-order valence-corrected chi connectivity index (χ1v) is 10.4. The van der Waals surface area contributed by atoms with Crippen LogP contribution >= 0.6 is 0 Å². The maximum atomic E-state index is 13.0. The van der Waals surface area contributed by atoms with Crippen LogP contribution in [0.2, 0.25) is 0 Å². The van der Waals surface area contributed by atoms with Crippen LogP contribution in [0, 0.1) is 5.41 Å². The molecule has 7 heteroatoms. The second-order valence-corrected chi connectivity index (χ2v) is 8.34. The van der Waals surface area contributed by atoms with Gasteiger partial charge in [0, 0.05) is 31.1 Å². The third-order valence-corrected chi connectivity index (χ3v) is 6.28. The molecule has 29 heavy (non-hydrogen) atoms. The zero-order chi connectivity index (χ0) is 21.0. The molecule has 1 spiro atoms. The van der Waals surface area contributed by atoms with E-state index in [0.717, 1.165) is 31.2 Å². The van der Waals surface area contributed by atoms with Crippen LogP contribution in [-0.2, 0) is 16.1 Å². The van der Waals surface area contributed by atoms with Crippen molar-refractivity contribution in [1.82, 2.24) is 10.2 Å². The monoisotopic (exact) mass is 404 g/mol. The van der Waals surface area contributed by atoms with Gasteiger partial charge in [-0.15, -0.1) is 0 Å². The molecule has 0 aromatic heterocycles. The molecule has 1 aromatic rings. The normalized spacial score (nSPS) is 20.4. The van der Waals surface area contributed by atoms with Crippen molar-refractivity contribution in [3.63, 3.8) is 0 Å². The summed E-state index contributed by atoms with van der Waals surface area (Å²) >= 11 is 0. The predicted octanol–water partition coefficient (Wildman–Crippen LogP) is 2.25. The number of likely N-dealkylation sites (tertiary alicyclic amines) is 1. The number of carbonyl (C=O) groups excluding carboxylic acids is 2. The first-order valence-electron chi connectivity index (χ1n) is 10.4. The van der Waals surface area contributed by atoms with Crippen LogP contribution in [-0.4, -0.2) is 54.7 Å². The van der Waals surface area contributed by atoms with Gasteiger partial charge in [-0.25, -0.2) is 0 Å². The van der Waals surface area contributed by atoms with E-state index in [9.17, 15) is 14.7 Å². The van der Waals surface area contributed by atoms with Crippen molar-refractivity contribution in [1.29, 1.82) is 0 Å². The zero-order valence-electron chi connectivity index (χ0n) is 17.6. The summed E-state index contributed by atoms with van der Waals surface area (Å²) in [5, 5.41) is 13.2. The molecule has 3 rings (SSSR count). The van der Waals surface area contributed by atoms with Gasteiger partial charge < -0.3 is 24.8 Å². The summed E-state index contributed by atoms with van der Waals surface area (Å²) in [5.74, 6) is 0.893. The number of ether oxygens (including phenoxy) is 2. The number of benzene rings is 1. The summed E-state index contributed by atoms with van der Waals surface area (Å²) in [4.78, 5) is 27.3. The highest BCUT2D eigenvalue weighted by atomic mass is 16.5. The fourth-order valence-corrected chi connectivity index (χ4v) is 4.72. The van der Waals surface area contributed by atoms with Crippen molar-refractivity contribution in [3.8, 4) is 11.5 Å². The van der Waals surface area contributed by atoms with Crippen LogP contribution < -0.4 is 14.8 Å². The van der Waals surface area contributed by atoms with Crippen LogP contribution in [0.3, 0.4) is 0 Å². The molecule has 1 aliphatic carbocycles. The number of rotatable bonds is 7. The number of hydrogen-bond donors (Lipinski definition) is 2. The minimum atomic E-state index is -0.949. The highest BCUT2D eigenvalue weighted by molar-refractivity contribution is 5.89. The number of amides is 2. The van der Waals surface area contributed by atoms with Gasteiger partial charge in [0.05, 0.1) is 20.3 Å². The fraction of sp³-hybridized carbons (Fsp3) is 0.636. The number of nitrogens with zero attached hydrogens (tertiary/aromatic N) is 1. The number of nitrogens with one attached hydrogen (secondary N) is 1. The third-order valence-electron chi connectivity index (χ3n) is 6.28. The number of hydrogen-bond acceptors (Lipinski definition) is 5. The molecule has 1 aliphatic heterocycles. The van der Waals surface area contributed by atoms with Gasteiger partial charge >= 0.3 is 0 Å². The van der Waals surface area contributed by atoms with Crippen LogP contribution in [0.15, 0.2) is 18.2 Å². The Morgan fingerprint density at radius 1 is 1.24 bits per heavy atom. The van der Waals surface area contributed by atoms with E-state index in [-0.39, 0.29) is 23.8 Å². The number of carbonyl (C=O) groups is 2. The lowest BCUT2D eigenvalue weighted by Gasteiger charge is -2.35. The van der Waals surface area contributed by atoms with Crippen molar-refractivity contribution in [3.05, 3.63) is 23.8 Å². The largest absolute Gasteiger partial charge is 0.497 e. The maximum Gasteiger partial charge on any atom is 0.245 e. The summed E-state index contributed by atoms with van der Waals surface area (Å²) in [6, 6.07) is 4.50. The number of aliphatic hydroxyl groups excluding tert-OH is 1. The van der Waals surface area contributed by atoms with Gasteiger partial charge in [-0.3, -0.25) is 9.59 Å². The minimum absolute atomic E-state index is 0.0258. The molecule has 2 aliphatic rings. The number of aliphatic hydroxyl groups is 1. The molecule has 1 saturated carbocycles. The highest BCUT2D eigenvalue weighted by Crippen LogP contribution is 2.45. The van der Waals surface area contributed by atoms with Crippen molar-refractivity contribution >= 4 is 11.8 Å². The molecular weight excluding hydrogens is 372 g/mol. The molecule has 160 valence electrons. The Hall–Kier alpha value is -2.28. The quantitative estimate of drug-likeness (QED) is 0.728. The van der Waals surface area contributed by atoms with E-state index in [1.807, 2.05) is 6.07 Å². The molecular formula is C22H32N2O5. The SMILES string of the molecule is COc1ccc(CNC(=O)[C@H]([C@@H](C)O)N2CC3(CCCCC3)CC2=O)c(OC)c1. The third kappa shape index (κ3) is 4.66. The summed E-state index contributed by atoms with van der Waals surface area (Å²) in [7, 11) is 3.14. The van der Waals surface area contributed by atoms with Gasteiger partial charge in [0.2, 0.25) is 11.8 Å². The van der Waals surface area contributed by atoms with Crippen LogP contribution in [0.1, 0.15) is 51.0 Å². The van der Waals surface area contributed by atoms with E-state index >= 15 is 0 Å². The van der Waals surface area contributed by atoms with E-state index in [2.05, 4.69) is 5.32 Å². The number of methoxy groups -OCH3 is 2. The Balaban J connectivity index is 1.70. The van der Waals surface area contributed by atoms with Crippen LogP contribution in [0.5, 0.6) is 11.5 Å². The fourth-order valence-electron chi connectivity index (χ4n) is 4.72. The summed E-state index contributed by atoms with van der Waals surface area (Å²) in [6.45, 7) is 2.36. The Morgan fingerprint density at radius 2 is 1.97 bits per heavy atom. The van der Waals surface area contributed by atoms with Gasteiger partial charge in [-0.2, -0.15) is 0 Å². The van der Waals surface area contributed by atoms with Crippen molar-refractivity contribution in [2.75, 3.05) is 20.8 Å². The molecule has 1 aromatic carbocycles. The standard InChI is InChI=1S/C22H32N2O5/c1-15(25)20(24-14-22(12-19(24)26)9-5-4-6-10-22)21(27)23-13-16-7-8-17(28-2)11-18(16)29-3/h7-8,11,15,20,25H,4-6,9-10,12-14H2,1-3H3,(H,23,27)/t15-,20+/m1/s1. The smallest absolute Gasteiger partial charge is 0.245 e. The molecule has 0 bridgehead atoms. The van der Waals surface area contributed by atoms with Crippen LogP contribution in [0.4, 0.5) is 0 Å². The van der Waals surface area contributed by atoms with E-state index in [1.54, 1.807) is 38.2 Å². The van der Waals surface area contributed by atoms with Gasteiger partial charge in [0.1, 0.15) is 17.5 Å². The Bertz CT molecular complexity index is 743. The summed E-state index contributed by atoms with van der Waals surface area (Å²) < 4.78 is 10.6. The molecule has 2 fully saturated rings. The Kier molecular flexibility index (Phi) is 6.67. The van der Waals surface area contributed by atoms with Gasteiger partial charge in [0.15, 0.2) is 0 Å². The lowest BCUT2D eigenvalue weighted by molar-refractivity contribution is -0.141. The second kappa shape index (κ2) is 9.03. The maximum absolute atomic E-state index is 13.0. The van der Waals surface area contributed by atoms with Gasteiger partial charge in [0.25, 0.3) is 0 Å².